The molecule has 2 amide bonds. The molecule has 0 saturated carbocycles. The molecule has 2 rings (SSSR count). The van der Waals surface area contributed by atoms with Gasteiger partial charge in [-0.05, 0) is 55.2 Å². The molecule has 204 valence electrons. The van der Waals surface area contributed by atoms with Gasteiger partial charge in [-0.15, -0.1) is 0 Å². The Labute approximate surface area is 223 Å². The highest BCUT2D eigenvalue weighted by Crippen LogP contribution is 2.30. The number of ether oxygens (including phenoxy) is 1. The van der Waals surface area contributed by atoms with Gasteiger partial charge in [0, 0.05) is 26.1 Å². The first-order chi connectivity index (χ1) is 17.5. The Morgan fingerprint density at radius 1 is 1.14 bits per heavy atom. The number of amides is 2. The van der Waals surface area contributed by atoms with Gasteiger partial charge in [-0.2, -0.15) is 0 Å². The number of carbonyl (C=O) groups excluding carboxylic acids is 2. The normalized spacial score (nSPS) is 12.1. The summed E-state index contributed by atoms with van der Waals surface area (Å²) in [4.78, 5) is 27.7. The molecule has 1 N–H and O–H groups in total. The van der Waals surface area contributed by atoms with Crippen LogP contribution in [0.3, 0.4) is 0 Å². The molecule has 2 aromatic carbocycles. The molecule has 0 aliphatic rings. The zero-order valence-electron chi connectivity index (χ0n) is 21.7. The number of nitrogens with zero attached hydrogens (tertiary/aromatic N) is 2. The third kappa shape index (κ3) is 8.89. The molecule has 11 heteroatoms. The molecule has 1 atom stereocenters. The van der Waals surface area contributed by atoms with Gasteiger partial charge in [-0.25, -0.2) is 12.8 Å². The van der Waals surface area contributed by atoms with Crippen LogP contribution in [0.4, 0.5) is 10.1 Å². The molecule has 0 saturated heterocycles. The van der Waals surface area contributed by atoms with Gasteiger partial charge in [0.05, 0.1) is 24.1 Å². The van der Waals surface area contributed by atoms with E-state index in [4.69, 9.17) is 16.3 Å². The van der Waals surface area contributed by atoms with Crippen molar-refractivity contribution in [2.45, 2.75) is 52.1 Å². The van der Waals surface area contributed by atoms with Gasteiger partial charge < -0.3 is 15.0 Å². The van der Waals surface area contributed by atoms with E-state index in [1.165, 1.54) is 34.5 Å². The summed E-state index contributed by atoms with van der Waals surface area (Å²) < 4.78 is 44.7. The summed E-state index contributed by atoms with van der Waals surface area (Å²) in [6, 6.07) is 9.70. The fourth-order valence-corrected chi connectivity index (χ4v) is 5.10. The SMILES string of the molecule is CCCNC(=O)C(CC)N(Cc1ccc(F)cc1)C(=O)CCCN(c1ccc(OC)c(Cl)c1)S(C)(=O)=O. The van der Waals surface area contributed by atoms with Crippen LogP contribution >= 0.6 is 11.6 Å². The van der Waals surface area contributed by atoms with Gasteiger partial charge >= 0.3 is 0 Å². The molecule has 8 nitrogen and oxygen atoms in total. The zero-order chi connectivity index (χ0) is 27.6. The molecule has 0 aromatic heterocycles. The minimum atomic E-state index is -3.66. The Hall–Kier alpha value is -2.85. The number of benzene rings is 2. The summed E-state index contributed by atoms with van der Waals surface area (Å²) in [6.07, 6.45) is 2.45. The lowest BCUT2D eigenvalue weighted by molar-refractivity contribution is -0.141. The number of methoxy groups -OCH3 is 1. The van der Waals surface area contributed by atoms with Crippen molar-refractivity contribution in [3.8, 4) is 5.75 Å². The smallest absolute Gasteiger partial charge is 0.242 e. The largest absolute Gasteiger partial charge is 0.495 e. The van der Waals surface area contributed by atoms with E-state index in [0.717, 1.165) is 12.7 Å². The summed E-state index contributed by atoms with van der Waals surface area (Å²) in [7, 11) is -2.20. The second-order valence-corrected chi connectivity index (χ2v) is 10.9. The molecule has 0 heterocycles. The Balaban J connectivity index is 2.21. The van der Waals surface area contributed by atoms with Crippen LogP contribution in [-0.4, -0.2) is 57.6 Å². The molecule has 0 aliphatic carbocycles. The summed E-state index contributed by atoms with van der Waals surface area (Å²) in [5, 5.41) is 3.10. The summed E-state index contributed by atoms with van der Waals surface area (Å²) in [6.45, 7) is 4.41. The lowest BCUT2D eigenvalue weighted by Crippen LogP contribution is -2.49. The summed E-state index contributed by atoms with van der Waals surface area (Å²) in [5.74, 6) is -0.541. The first-order valence-corrected chi connectivity index (χ1v) is 14.4. The van der Waals surface area contributed by atoms with E-state index >= 15 is 0 Å². The molecule has 0 aliphatic heterocycles. The Kier molecular flexibility index (Phi) is 11.6. The highest BCUT2D eigenvalue weighted by atomic mass is 35.5. The van der Waals surface area contributed by atoms with Crippen LogP contribution < -0.4 is 14.4 Å². The molecular weight excluding hydrogens is 521 g/mol. The number of carbonyl (C=O) groups is 2. The van der Waals surface area contributed by atoms with Crippen LogP contribution in [-0.2, 0) is 26.2 Å². The third-order valence-corrected chi connectivity index (χ3v) is 7.27. The standard InChI is InChI=1S/C26H35ClFN3O5S/c1-5-15-29-26(33)23(6-2)30(18-19-9-11-20(28)12-10-19)25(32)8-7-16-31(37(4,34)35)21-13-14-24(36-3)22(27)17-21/h9-14,17,23H,5-8,15-16,18H2,1-4H3,(H,29,33). The predicted octanol–water partition coefficient (Wildman–Crippen LogP) is 4.37. The minimum Gasteiger partial charge on any atom is -0.495 e. The molecule has 0 bridgehead atoms. The van der Waals surface area contributed by atoms with Crippen LogP contribution in [0.5, 0.6) is 5.75 Å². The van der Waals surface area contributed by atoms with Gasteiger partial charge in [0.25, 0.3) is 0 Å². The van der Waals surface area contributed by atoms with E-state index in [-0.39, 0.29) is 42.8 Å². The molecule has 0 spiro atoms. The number of hydrogen-bond donors (Lipinski definition) is 1. The molecule has 0 radical (unpaired) electrons. The summed E-state index contributed by atoms with van der Waals surface area (Å²) in [5.41, 5.74) is 1.04. The number of nitrogens with one attached hydrogen (secondary N) is 1. The number of hydrogen-bond acceptors (Lipinski definition) is 5. The fourth-order valence-electron chi connectivity index (χ4n) is 3.89. The van der Waals surface area contributed by atoms with Crippen molar-refractivity contribution in [3.05, 3.63) is 58.9 Å². The van der Waals surface area contributed by atoms with Gasteiger partial charge in [0.15, 0.2) is 0 Å². The highest BCUT2D eigenvalue weighted by molar-refractivity contribution is 7.92. The third-order valence-electron chi connectivity index (χ3n) is 5.78. The number of anilines is 1. The quantitative estimate of drug-likeness (QED) is 0.373. The number of rotatable bonds is 14. The van der Waals surface area contributed by atoms with Crippen molar-refractivity contribution in [1.82, 2.24) is 10.2 Å². The van der Waals surface area contributed by atoms with Crippen LogP contribution in [0, 0.1) is 5.82 Å². The minimum absolute atomic E-state index is 0.00859. The van der Waals surface area contributed by atoms with Crippen molar-refractivity contribution in [2.24, 2.45) is 0 Å². The Morgan fingerprint density at radius 3 is 2.35 bits per heavy atom. The van der Waals surface area contributed by atoms with Gasteiger partial charge in [0.2, 0.25) is 21.8 Å². The lowest BCUT2D eigenvalue weighted by Gasteiger charge is -2.31. The first kappa shape index (κ1) is 30.4. The summed E-state index contributed by atoms with van der Waals surface area (Å²) >= 11 is 6.18. The monoisotopic (exact) mass is 555 g/mol. The van der Waals surface area contributed by atoms with E-state index in [9.17, 15) is 22.4 Å². The molecular formula is C26H35ClFN3O5S. The van der Waals surface area contributed by atoms with Gasteiger partial charge in [-0.1, -0.05) is 37.6 Å². The number of sulfonamides is 1. The van der Waals surface area contributed by atoms with Crippen molar-refractivity contribution in [2.75, 3.05) is 30.8 Å². The van der Waals surface area contributed by atoms with E-state index < -0.39 is 21.9 Å². The second kappa shape index (κ2) is 14.2. The van der Waals surface area contributed by atoms with E-state index in [0.29, 0.717) is 30.0 Å². The highest BCUT2D eigenvalue weighted by Gasteiger charge is 2.28. The Bertz CT molecular complexity index is 1160. The van der Waals surface area contributed by atoms with Crippen molar-refractivity contribution in [3.63, 3.8) is 0 Å². The fraction of sp³-hybridized carbons (Fsp3) is 0.462. The predicted molar refractivity (Wildman–Crippen MR) is 144 cm³/mol. The van der Waals surface area contributed by atoms with Gasteiger partial charge in [-0.3, -0.25) is 13.9 Å². The maximum atomic E-state index is 13.4. The van der Waals surface area contributed by atoms with E-state index in [2.05, 4.69) is 5.32 Å². The average molecular weight is 556 g/mol. The average Bonchev–Trinajstić information content (AvgIpc) is 2.85. The van der Waals surface area contributed by atoms with Crippen LogP contribution in [0.2, 0.25) is 5.02 Å². The van der Waals surface area contributed by atoms with Crippen LogP contribution in [0.25, 0.3) is 0 Å². The molecule has 0 fully saturated rings. The lowest BCUT2D eigenvalue weighted by atomic mass is 10.1. The zero-order valence-corrected chi connectivity index (χ0v) is 23.2. The van der Waals surface area contributed by atoms with E-state index in [1.54, 1.807) is 24.3 Å². The number of halogens is 2. The molecule has 2 aromatic rings. The van der Waals surface area contributed by atoms with E-state index in [1.807, 2.05) is 13.8 Å². The Morgan fingerprint density at radius 2 is 1.81 bits per heavy atom. The molecule has 1 unspecified atom stereocenters. The van der Waals surface area contributed by atoms with Crippen LogP contribution in [0.1, 0.15) is 45.1 Å². The van der Waals surface area contributed by atoms with Crippen LogP contribution in [0.15, 0.2) is 42.5 Å². The first-order valence-electron chi connectivity index (χ1n) is 12.1. The molecule has 37 heavy (non-hydrogen) atoms. The maximum Gasteiger partial charge on any atom is 0.242 e. The van der Waals surface area contributed by atoms with Crippen molar-refractivity contribution >= 4 is 39.1 Å². The van der Waals surface area contributed by atoms with Crippen molar-refractivity contribution < 1.29 is 27.1 Å². The van der Waals surface area contributed by atoms with Gasteiger partial charge in [0.1, 0.15) is 17.6 Å². The topological polar surface area (TPSA) is 96.0 Å². The maximum absolute atomic E-state index is 13.4. The van der Waals surface area contributed by atoms with Crippen molar-refractivity contribution in [1.29, 1.82) is 0 Å². The second-order valence-electron chi connectivity index (χ2n) is 8.62.